The number of ether oxygens (including phenoxy) is 1. The molecule has 2 aliphatic rings. The highest BCUT2D eigenvalue weighted by Gasteiger charge is 2.26. The number of fused-ring (bicyclic) bond motifs is 1. The normalized spacial score (nSPS) is 17.3. The number of ketones is 1. The molecule has 0 saturated heterocycles. The number of esters is 1. The number of amidine groups is 1. The van der Waals surface area contributed by atoms with Gasteiger partial charge >= 0.3 is 5.97 Å². The summed E-state index contributed by atoms with van der Waals surface area (Å²) in [7, 11) is 1.37. The third-order valence-electron chi connectivity index (χ3n) is 7.18. The molecule has 1 aliphatic heterocycles. The van der Waals surface area contributed by atoms with E-state index < -0.39 is 0 Å². The first-order valence-electron chi connectivity index (χ1n) is 12.7. The third kappa shape index (κ3) is 5.94. The van der Waals surface area contributed by atoms with E-state index in [2.05, 4.69) is 30.0 Å². The lowest BCUT2D eigenvalue weighted by Gasteiger charge is -2.27. The molecule has 0 fully saturated rings. The van der Waals surface area contributed by atoms with E-state index >= 15 is 0 Å². The average molecular weight is 461 g/mol. The van der Waals surface area contributed by atoms with Crippen molar-refractivity contribution in [1.82, 2.24) is 4.90 Å². The van der Waals surface area contributed by atoms with Gasteiger partial charge in [0, 0.05) is 25.8 Å². The summed E-state index contributed by atoms with van der Waals surface area (Å²) in [6.07, 6.45) is 8.84. The molecule has 5 heteroatoms. The lowest BCUT2D eigenvalue weighted by molar-refractivity contribution is -0.118. The first kappa shape index (κ1) is 24.2. The Morgan fingerprint density at radius 2 is 1.74 bits per heavy atom. The van der Waals surface area contributed by atoms with Gasteiger partial charge in [0.15, 0.2) is 0 Å². The maximum atomic E-state index is 12.6. The molecular formula is C29H36N2O3. The van der Waals surface area contributed by atoms with Crippen molar-refractivity contribution in [2.75, 3.05) is 20.2 Å². The number of likely N-dealkylation sites (N-methyl/N-ethyl adjacent to an activating group) is 1. The monoisotopic (exact) mass is 460 g/mol. The van der Waals surface area contributed by atoms with E-state index in [-0.39, 0.29) is 11.8 Å². The molecule has 0 bridgehead atoms. The van der Waals surface area contributed by atoms with Crippen molar-refractivity contribution in [2.45, 2.75) is 70.8 Å². The molecule has 2 aromatic carbocycles. The Kier molecular flexibility index (Phi) is 8.15. The second kappa shape index (κ2) is 11.5. The number of benzene rings is 2. The molecule has 4 rings (SSSR count). The van der Waals surface area contributed by atoms with Crippen LogP contribution >= 0.6 is 0 Å². The summed E-state index contributed by atoms with van der Waals surface area (Å²) in [4.78, 5) is 31.4. The molecule has 1 atom stereocenters. The minimum Gasteiger partial charge on any atom is -0.465 e. The fourth-order valence-corrected chi connectivity index (χ4v) is 5.24. The van der Waals surface area contributed by atoms with Crippen LogP contribution in [-0.2, 0) is 35.2 Å². The van der Waals surface area contributed by atoms with Gasteiger partial charge in [0.1, 0.15) is 5.78 Å². The zero-order chi connectivity index (χ0) is 23.9. The van der Waals surface area contributed by atoms with Crippen molar-refractivity contribution in [2.24, 2.45) is 4.99 Å². The van der Waals surface area contributed by atoms with Gasteiger partial charge in [-0.1, -0.05) is 30.3 Å². The number of carbonyl (C=O) groups excluding carboxylic acids is 2. The van der Waals surface area contributed by atoms with E-state index in [9.17, 15) is 9.59 Å². The number of carbonyl (C=O) groups is 2. The van der Waals surface area contributed by atoms with Crippen LogP contribution in [0.15, 0.2) is 47.5 Å². The molecule has 2 aromatic rings. The van der Waals surface area contributed by atoms with Crippen molar-refractivity contribution in [3.8, 4) is 0 Å². The van der Waals surface area contributed by atoms with E-state index in [4.69, 9.17) is 9.73 Å². The second-order valence-electron chi connectivity index (χ2n) is 9.45. The van der Waals surface area contributed by atoms with Crippen molar-refractivity contribution < 1.29 is 14.3 Å². The molecule has 0 N–H and O–H groups in total. The van der Waals surface area contributed by atoms with Crippen LogP contribution in [0.2, 0.25) is 0 Å². The van der Waals surface area contributed by atoms with Crippen LogP contribution < -0.4 is 0 Å². The van der Waals surface area contributed by atoms with Crippen LogP contribution in [0.4, 0.5) is 0 Å². The van der Waals surface area contributed by atoms with E-state index in [1.165, 1.54) is 49.8 Å². The molecule has 0 spiro atoms. The van der Waals surface area contributed by atoms with Gasteiger partial charge in [0.2, 0.25) is 0 Å². The Bertz CT molecular complexity index is 1040. The Labute approximate surface area is 203 Å². The zero-order valence-corrected chi connectivity index (χ0v) is 20.5. The number of hydrogen-bond donors (Lipinski definition) is 0. The molecule has 1 unspecified atom stereocenters. The summed E-state index contributed by atoms with van der Waals surface area (Å²) in [6, 6.07) is 14.4. The van der Waals surface area contributed by atoms with Gasteiger partial charge in [-0.25, -0.2) is 4.79 Å². The molecule has 0 aromatic heterocycles. The molecule has 1 aliphatic carbocycles. The highest BCUT2D eigenvalue weighted by Crippen LogP contribution is 2.24. The predicted octanol–water partition coefficient (Wildman–Crippen LogP) is 4.98. The lowest BCUT2D eigenvalue weighted by Crippen LogP contribution is -2.37. The number of nitrogens with zero attached hydrogens (tertiary/aromatic N) is 2. The van der Waals surface area contributed by atoms with Crippen LogP contribution in [0.5, 0.6) is 0 Å². The summed E-state index contributed by atoms with van der Waals surface area (Å²) in [5.41, 5.74) is 5.92. The van der Waals surface area contributed by atoms with Crippen LogP contribution in [0.3, 0.4) is 0 Å². The quantitative estimate of drug-likeness (QED) is 0.469. The number of Topliss-reactive ketones (excluding diaryl/α,β-unsaturated/α-hetero) is 1. The molecule has 5 nitrogen and oxygen atoms in total. The van der Waals surface area contributed by atoms with E-state index in [0.717, 1.165) is 37.9 Å². The Hall–Kier alpha value is -2.95. The molecule has 1 heterocycles. The number of rotatable bonds is 10. The summed E-state index contributed by atoms with van der Waals surface area (Å²) in [6.45, 7) is 3.89. The molecule has 0 saturated carbocycles. The van der Waals surface area contributed by atoms with Crippen molar-refractivity contribution in [3.05, 3.63) is 70.3 Å². The topological polar surface area (TPSA) is 59.0 Å². The number of aryl methyl sites for hydroxylation is 3. The first-order valence-corrected chi connectivity index (χ1v) is 12.7. The minimum absolute atomic E-state index is 0.226. The summed E-state index contributed by atoms with van der Waals surface area (Å²) >= 11 is 0. The Balaban J connectivity index is 1.24. The number of aliphatic imine (C=N–C) groups is 1. The van der Waals surface area contributed by atoms with Gasteiger partial charge in [-0.2, -0.15) is 0 Å². The third-order valence-corrected chi connectivity index (χ3v) is 7.18. The Morgan fingerprint density at radius 3 is 2.47 bits per heavy atom. The lowest BCUT2D eigenvalue weighted by atomic mass is 9.89. The first-order chi connectivity index (χ1) is 16.6. The standard InChI is InChI=1S/C29H36N2O3/c1-3-31-26(15-16-27(32)19-22-9-13-24(14-10-22)29(33)34-2)20-30-28(31)17-11-21-8-12-23-6-4-5-7-25(23)18-21/h8-10,12-14,18,26H,3-7,11,15-17,19-20H2,1-2H3. The highest BCUT2D eigenvalue weighted by molar-refractivity contribution is 5.89. The van der Waals surface area contributed by atoms with E-state index in [0.29, 0.717) is 24.4 Å². The second-order valence-corrected chi connectivity index (χ2v) is 9.45. The van der Waals surface area contributed by atoms with Crippen LogP contribution in [0.1, 0.15) is 71.6 Å². The smallest absolute Gasteiger partial charge is 0.337 e. The summed E-state index contributed by atoms with van der Waals surface area (Å²) in [5.74, 6) is 1.06. The zero-order valence-electron chi connectivity index (χ0n) is 20.5. The van der Waals surface area contributed by atoms with Crippen molar-refractivity contribution >= 4 is 17.6 Å². The molecule has 180 valence electrons. The number of methoxy groups -OCH3 is 1. The van der Waals surface area contributed by atoms with Gasteiger partial charge in [0.05, 0.1) is 31.1 Å². The molecular weight excluding hydrogens is 424 g/mol. The molecule has 34 heavy (non-hydrogen) atoms. The van der Waals surface area contributed by atoms with E-state index in [1.807, 2.05) is 12.1 Å². The maximum Gasteiger partial charge on any atom is 0.337 e. The molecule has 0 amide bonds. The summed E-state index contributed by atoms with van der Waals surface area (Å²) in [5, 5.41) is 0. The Morgan fingerprint density at radius 1 is 1.00 bits per heavy atom. The fourth-order valence-electron chi connectivity index (χ4n) is 5.24. The van der Waals surface area contributed by atoms with Crippen LogP contribution in [-0.4, -0.2) is 48.7 Å². The number of hydrogen-bond acceptors (Lipinski definition) is 5. The van der Waals surface area contributed by atoms with Crippen molar-refractivity contribution in [3.63, 3.8) is 0 Å². The minimum atomic E-state index is -0.360. The van der Waals surface area contributed by atoms with E-state index in [1.54, 1.807) is 17.7 Å². The van der Waals surface area contributed by atoms with Gasteiger partial charge in [-0.15, -0.1) is 0 Å². The SMILES string of the molecule is CCN1C(CCc2ccc3c(c2)CCCC3)=NCC1CCC(=O)Cc1ccc(C(=O)OC)cc1. The molecule has 0 radical (unpaired) electrons. The summed E-state index contributed by atoms with van der Waals surface area (Å²) < 4.78 is 4.73. The van der Waals surface area contributed by atoms with Gasteiger partial charge in [-0.05, 0) is 79.8 Å². The van der Waals surface area contributed by atoms with Crippen LogP contribution in [0, 0.1) is 0 Å². The largest absolute Gasteiger partial charge is 0.465 e. The highest BCUT2D eigenvalue weighted by atomic mass is 16.5. The predicted molar refractivity (Wildman–Crippen MR) is 136 cm³/mol. The van der Waals surface area contributed by atoms with Crippen LogP contribution in [0.25, 0.3) is 0 Å². The van der Waals surface area contributed by atoms with Gasteiger partial charge in [-0.3, -0.25) is 9.79 Å². The van der Waals surface area contributed by atoms with Gasteiger partial charge < -0.3 is 9.64 Å². The maximum absolute atomic E-state index is 12.6. The average Bonchev–Trinajstić information content (AvgIpc) is 3.27. The fraction of sp³-hybridized carbons (Fsp3) is 0.483. The van der Waals surface area contributed by atoms with Crippen molar-refractivity contribution in [1.29, 1.82) is 0 Å². The van der Waals surface area contributed by atoms with Gasteiger partial charge in [0.25, 0.3) is 0 Å².